The van der Waals surface area contributed by atoms with E-state index in [4.69, 9.17) is 5.73 Å². The van der Waals surface area contributed by atoms with Gasteiger partial charge < -0.3 is 11.1 Å². The maximum atomic E-state index is 12.4. The lowest BCUT2D eigenvalue weighted by atomic mass is 9.81. The summed E-state index contributed by atoms with van der Waals surface area (Å²) in [6.45, 7) is 6.74. The molecule has 1 atom stereocenters. The van der Waals surface area contributed by atoms with Crippen LogP contribution < -0.4 is 11.1 Å². The molecule has 120 valence electrons. The molecule has 1 heterocycles. The number of carbonyl (C=O) groups excluding carboxylic acids is 1. The van der Waals surface area contributed by atoms with Crippen LogP contribution in [0, 0.1) is 5.41 Å². The molecule has 1 aliphatic carbocycles. The first kappa shape index (κ1) is 20.0. The highest BCUT2D eigenvalue weighted by Gasteiger charge is 2.38. The molecule has 1 unspecified atom stereocenters. The summed E-state index contributed by atoms with van der Waals surface area (Å²) < 4.78 is 0. The van der Waals surface area contributed by atoms with Gasteiger partial charge in [0.2, 0.25) is 5.91 Å². The third-order valence-corrected chi connectivity index (χ3v) is 4.84. The minimum atomic E-state index is -0.354. The summed E-state index contributed by atoms with van der Waals surface area (Å²) in [4.78, 5) is 14.9. The van der Waals surface area contributed by atoms with E-state index in [0.717, 1.165) is 38.4 Å². The van der Waals surface area contributed by atoms with E-state index in [9.17, 15) is 4.79 Å². The Morgan fingerprint density at radius 2 is 1.85 bits per heavy atom. The average molecular weight is 326 g/mol. The quantitative estimate of drug-likeness (QED) is 0.784. The van der Waals surface area contributed by atoms with Gasteiger partial charge >= 0.3 is 0 Å². The molecular weight excluding hydrogens is 297 g/mol. The summed E-state index contributed by atoms with van der Waals surface area (Å²) in [7, 11) is 0. The van der Waals surface area contributed by atoms with Gasteiger partial charge in [0.25, 0.3) is 0 Å². The Kier molecular flexibility index (Phi) is 8.41. The van der Waals surface area contributed by atoms with Gasteiger partial charge in [-0.05, 0) is 32.1 Å². The summed E-state index contributed by atoms with van der Waals surface area (Å²) in [5, 5.41) is 3.22. The largest absolute Gasteiger partial charge is 0.352 e. The predicted octanol–water partition coefficient (Wildman–Crippen LogP) is 1.95. The zero-order chi connectivity index (χ0) is 13.2. The summed E-state index contributed by atoms with van der Waals surface area (Å²) in [6, 6.07) is 1.14. The molecule has 6 heteroatoms. The highest BCUT2D eigenvalue weighted by molar-refractivity contribution is 5.85. The molecule has 0 radical (unpaired) electrons. The summed E-state index contributed by atoms with van der Waals surface area (Å²) in [6.07, 6.45) is 5.43. The van der Waals surface area contributed by atoms with Crippen LogP contribution in [0.25, 0.3) is 0 Å². The Balaban J connectivity index is 0.00000180. The van der Waals surface area contributed by atoms with Gasteiger partial charge in [0.05, 0.1) is 5.41 Å². The fourth-order valence-electron chi connectivity index (χ4n) is 2.97. The first-order valence-corrected chi connectivity index (χ1v) is 7.40. The molecule has 3 N–H and O–H groups in total. The Hall–Kier alpha value is -0.0300. The zero-order valence-electron chi connectivity index (χ0n) is 12.6. The second-order valence-corrected chi connectivity index (χ2v) is 5.88. The summed E-state index contributed by atoms with van der Waals surface area (Å²) in [5.74, 6) is 0.164. The van der Waals surface area contributed by atoms with Crippen molar-refractivity contribution in [1.29, 1.82) is 0 Å². The van der Waals surface area contributed by atoms with Gasteiger partial charge in [-0.3, -0.25) is 9.69 Å². The Labute approximate surface area is 135 Å². The van der Waals surface area contributed by atoms with Crippen LogP contribution in [0.2, 0.25) is 0 Å². The number of nitrogens with one attached hydrogen (secondary N) is 1. The van der Waals surface area contributed by atoms with Gasteiger partial charge in [0.15, 0.2) is 0 Å². The van der Waals surface area contributed by atoms with E-state index in [0.29, 0.717) is 12.6 Å². The van der Waals surface area contributed by atoms with Crippen LogP contribution in [0.1, 0.15) is 46.0 Å². The number of hydrogen-bond donors (Lipinski definition) is 2. The molecule has 1 aliphatic heterocycles. The van der Waals surface area contributed by atoms with Crippen LogP contribution in [0.3, 0.4) is 0 Å². The predicted molar refractivity (Wildman–Crippen MR) is 87.7 cm³/mol. The molecular formula is C14H29Cl2N3O. The monoisotopic (exact) mass is 325 g/mol. The van der Waals surface area contributed by atoms with Gasteiger partial charge in [-0.25, -0.2) is 0 Å². The second-order valence-electron chi connectivity index (χ2n) is 5.88. The molecule has 2 aliphatic rings. The van der Waals surface area contributed by atoms with Crippen LogP contribution >= 0.6 is 24.8 Å². The van der Waals surface area contributed by atoms with Crippen molar-refractivity contribution < 1.29 is 4.79 Å². The van der Waals surface area contributed by atoms with Crippen molar-refractivity contribution in [3.63, 3.8) is 0 Å². The number of nitrogens with zero attached hydrogens (tertiary/aromatic N) is 1. The van der Waals surface area contributed by atoms with E-state index >= 15 is 0 Å². The lowest BCUT2D eigenvalue weighted by Crippen LogP contribution is -2.49. The number of rotatable bonds is 6. The molecule has 4 nitrogen and oxygen atoms in total. The van der Waals surface area contributed by atoms with Crippen molar-refractivity contribution in [3.05, 3.63) is 0 Å². The van der Waals surface area contributed by atoms with Crippen molar-refractivity contribution in [2.75, 3.05) is 19.6 Å². The van der Waals surface area contributed by atoms with Crippen LogP contribution in [-0.2, 0) is 4.79 Å². The second kappa shape index (κ2) is 8.42. The number of carbonyl (C=O) groups is 1. The maximum Gasteiger partial charge on any atom is 0.227 e. The van der Waals surface area contributed by atoms with E-state index in [1.807, 2.05) is 0 Å². The lowest BCUT2D eigenvalue weighted by molar-refractivity contribution is -0.131. The van der Waals surface area contributed by atoms with Gasteiger partial charge in [0, 0.05) is 31.7 Å². The standard InChI is InChI=1S/C14H27N3O.2ClH/c1-3-14(4-2,10-15)13(18)16-11-7-8-17(9-11)12-5-6-12;;/h11-12H,3-10,15H2,1-2H3,(H,16,18);2*1H. The third-order valence-electron chi connectivity index (χ3n) is 4.84. The van der Waals surface area contributed by atoms with Crippen LogP contribution in [0.5, 0.6) is 0 Å². The van der Waals surface area contributed by atoms with E-state index < -0.39 is 0 Å². The molecule has 20 heavy (non-hydrogen) atoms. The van der Waals surface area contributed by atoms with Crippen LogP contribution in [-0.4, -0.2) is 42.5 Å². The molecule has 1 amide bonds. The first-order chi connectivity index (χ1) is 8.65. The fourth-order valence-corrected chi connectivity index (χ4v) is 2.97. The summed E-state index contributed by atoms with van der Waals surface area (Å²) in [5.41, 5.74) is 5.46. The van der Waals surface area contributed by atoms with Gasteiger partial charge in [-0.15, -0.1) is 24.8 Å². The van der Waals surface area contributed by atoms with Crippen LogP contribution in [0.4, 0.5) is 0 Å². The molecule has 0 aromatic rings. The molecule has 2 rings (SSSR count). The normalized spacial score (nSPS) is 22.9. The number of likely N-dealkylation sites (tertiary alicyclic amines) is 1. The highest BCUT2D eigenvalue weighted by atomic mass is 35.5. The SMILES string of the molecule is CCC(CC)(CN)C(=O)NC1CCN(C2CC2)C1.Cl.Cl. The minimum absolute atomic E-state index is 0. The van der Waals surface area contributed by atoms with Gasteiger partial charge in [0.1, 0.15) is 0 Å². The van der Waals surface area contributed by atoms with Crippen molar-refractivity contribution >= 4 is 30.7 Å². The van der Waals surface area contributed by atoms with Crippen molar-refractivity contribution in [2.24, 2.45) is 11.1 Å². The van der Waals surface area contributed by atoms with Crippen LogP contribution in [0.15, 0.2) is 0 Å². The zero-order valence-corrected chi connectivity index (χ0v) is 14.2. The number of hydrogen-bond acceptors (Lipinski definition) is 3. The first-order valence-electron chi connectivity index (χ1n) is 7.40. The highest BCUT2D eigenvalue weighted by Crippen LogP contribution is 2.30. The van der Waals surface area contributed by atoms with E-state index in [1.54, 1.807) is 0 Å². The van der Waals surface area contributed by atoms with Crippen molar-refractivity contribution in [2.45, 2.75) is 58.0 Å². The van der Waals surface area contributed by atoms with E-state index in [2.05, 4.69) is 24.1 Å². The summed E-state index contributed by atoms with van der Waals surface area (Å²) >= 11 is 0. The Morgan fingerprint density at radius 1 is 1.25 bits per heavy atom. The topological polar surface area (TPSA) is 58.4 Å². The Morgan fingerprint density at radius 3 is 2.30 bits per heavy atom. The smallest absolute Gasteiger partial charge is 0.227 e. The van der Waals surface area contributed by atoms with Crippen molar-refractivity contribution in [1.82, 2.24) is 10.2 Å². The number of nitrogens with two attached hydrogens (primary N) is 1. The molecule has 0 aromatic heterocycles. The number of halogens is 2. The molecule has 0 spiro atoms. The fraction of sp³-hybridized carbons (Fsp3) is 0.929. The molecule has 0 aromatic carbocycles. The van der Waals surface area contributed by atoms with Gasteiger partial charge in [-0.2, -0.15) is 0 Å². The Bertz CT molecular complexity index is 299. The van der Waals surface area contributed by atoms with Gasteiger partial charge in [-0.1, -0.05) is 13.8 Å². The third kappa shape index (κ3) is 4.23. The van der Waals surface area contributed by atoms with E-state index in [-0.39, 0.29) is 36.1 Å². The average Bonchev–Trinajstić information content (AvgIpc) is 3.13. The lowest BCUT2D eigenvalue weighted by Gasteiger charge is -2.30. The minimum Gasteiger partial charge on any atom is -0.352 e. The molecule has 0 bridgehead atoms. The molecule has 1 saturated carbocycles. The molecule has 2 fully saturated rings. The van der Waals surface area contributed by atoms with Crippen molar-refractivity contribution in [3.8, 4) is 0 Å². The maximum absolute atomic E-state index is 12.4. The molecule has 1 saturated heterocycles. The number of amides is 1. The van der Waals surface area contributed by atoms with E-state index in [1.165, 1.54) is 12.8 Å².